The maximum Gasteiger partial charge on any atom is 0.234 e. The van der Waals surface area contributed by atoms with Crippen molar-refractivity contribution in [1.82, 2.24) is 14.4 Å². The second kappa shape index (κ2) is 2.92. The van der Waals surface area contributed by atoms with Gasteiger partial charge >= 0.3 is 0 Å². The molecule has 68 valence electrons. The van der Waals surface area contributed by atoms with Crippen LogP contribution in [0.25, 0.3) is 17.0 Å². The monoisotopic (exact) mass is 201 g/mol. The number of imidazole rings is 1. The van der Waals surface area contributed by atoms with Crippen molar-refractivity contribution >= 4 is 17.1 Å². The molecule has 0 amide bonds. The Bertz CT molecular complexity index is 521. The van der Waals surface area contributed by atoms with Gasteiger partial charge in [-0.1, -0.05) is 0 Å². The first kappa shape index (κ1) is 7.70. The first-order valence-corrected chi connectivity index (χ1v) is 5.20. The molecule has 0 aliphatic carbocycles. The topological polar surface area (TPSA) is 30.2 Å². The minimum atomic E-state index is 0.744. The van der Waals surface area contributed by atoms with Crippen LogP contribution < -0.4 is 0 Å². The summed E-state index contributed by atoms with van der Waals surface area (Å²) in [6.45, 7) is 0. The largest absolute Gasteiger partial charge is 0.291 e. The summed E-state index contributed by atoms with van der Waals surface area (Å²) in [4.78, 5) is 8.58. The number of fused-ring (bicyclic) bond motifs is 1. The average Bonchev–Trinajstić information content (AvgIpc) is 2.86. The molecule has 0 saturated carbocycles. The third kappa shape index (κ3) is 1.12. The maximum atomic E-state index is 4.41. The molecule has 0 bridgehead atoms. The van der Waals surface area contributed by atoms with E-state index >= 15 is 0 Å². The van der Waals surface area contributed by atoms with Gasteiger partial charge in [-0.2, -0.15) is 11.3 Å². The van der Waals surface area contributed by atoms with Crippen LogP contribution in [0, 0.1) is 0 Å². The lowest BCUT2D eigenvalue weighted by molar-refractivity contribution is 1.11. The van der Waals surface area contributed by atoms with E-state index in [2.05, 4.69) is 21.4 Å². The Morgan fingerprint density at radius 3 is 3.14 bits per heavy atom. The van der Waals surface area contributed by atoms with E-state index in [0.29, 0.717) is 0 Å². The minimum Gasteiger partial charge on any atom is -0.291 e. The molecule has 0 atom stereocenters. The van der Waals surface area contributed by atoms with Crippen LogP contribution >= 0.6 is 11.3 Å². The molecule has 0 radical (unpaired) electrons. The lowest BCUT2D eigenvalue weighted by Gasteiger charge is -1.85. The van der Waals surface area contributed by atoms with Crippen LogP contribution in [0.4, 0.5) is 0 Å². The van der Waals surface area contributed by atoms with E-state index in [0.717, 1.165) is 17.0 Å². The quantitative estimate of drug-likeness (QED) is 0.605. The summed E-state index contributed by atoms with van der Waals surface area (Å²) in [5, 5.41) is 4.13. The Morgan fingerprint density at radius 1 is 1.36 bits per heavy atom. The van der Waals surface area contributed by atoms with E-state index in [4.69, 9.17) is 0 Å². The van der Waals surface area contributed by atoms with Crippen LogP contribution in [0.1, 0.15) is 0 Å². The molecule has 0 N–H and O–H groups in total. The zero-order valence-electron chi connectivity index (χ0n) is 7.29. The zero-order valence-corrected chi connectivity index (χ0v) is 8.11. The number of aromatic nitrogens is 3. The molecule has 3 rings (SSSR count). The van der Waals surface area contributed by atoms with Crippen molar-refractivity contribution in [2.75, 3.05) is 0 Å². The van der Waals surface area contributed by atoms with Gasteiger partial charge in [0.2, 0.25) is 5.78 Å². The molecule has 3 aromatic rings. The summed E-state index contributed by atoms with van der Waals surface area (Å²) in [6.07, 6.45) is 5.69. The average molecular weight is 201 g/mol. The molecule has 0 fully saturated rings. The molecule has 4 heteroatoms. The Morgan fingerprint density at radius 2 is 2.36 bits per heavy atom. The molecule has 0 aliphatic rings. The molecule has 0 saturated heterocycles. The van der Waals surface area contributed by atoms with Gasteiger partial charge in [0.05, 0.1) is 5.69 Å². The van der Waals surface area contributed by atoms with Crippen LogP contribution in [-0.2, 0) is 0 Å². The third-order valence-electron chi connectivity index (χ3n) is 2.05. The van der Waals surface area contributed by atoms with Gasteiger partial charge in [-0.3, -0.25) is 4.40 Å². The predicted molar refractivity (Wildman–Crippen MR) is 56.3 cm³/mol. The molecular weight excluding hydrogens is 194 g/mol. The van der Waals surface area contributed by atoms with Crippen LogP contribution in [0.3, 0.4) is 0 Å². The summed E-state index contributed by atoms with van der Waals surface area (Å²) < 4.78 is 1.92. The second-order valence-corrected chi connectivity index (χ2v) is 3.75. The molecular formula is C10H7N3S. The Labute approximate surface area is 84.7 Å². The van der Waals surface area contributed by atoms with E-state index < -0.39 is 0 Å². The van der Waals surface area contributed by atoms with E-state index in [9.17, 15) is 0 Å². The van der Waals surface area contributed by atoms with Crippen molar-refractivity contribution in [1.29, 1.82) is 0 Å². The Kier molecular flexibility index (Phi) is 1.61. The smallest absolute Gasteiger partial charge is 0.234 e. The van der Waals surface area contributed by atoms with Gasteiger partial charge in [0.15, 0.2) is 0 Å². The maximum absolute atomic E-state index is 4.41. The van der Waals surface area contributed by atoms with Crippen molar-refractivity contribution in [3.05, 3.63) is 41.5 Å². The summed E-state index contributed by atoms with van der Waals surface area (Å²) in [5.41, 5.74) is 2.13. The summed E-state index contributed by atoms with van der Waals surface area (Å²) in [7, 11) is 0. The van der Waals surface area contributed by atoms with Crippen LogP contribution in [0.2, 0.25) is 0 Å². The fourth-order valence-electron chi connectivity index (χ4n) is 1.38. The van der Waals surface area contributed by atoms with Gasteiger partial charge in [0.25, 0.3) is 0 Å². The predicted octanol–water partition coefficient (Wildman–Crippen LogP) is 2.46. The Balaban J connectivity index is 2.24. The van der Waals surface area contributed by atoms with Gasteiger partial charge in [0.1, 0.15) is 0 Å². The van der Waals surface area contributed by atoms with Crippen LogP contribution in [0.15, 0.2) is 41.5 Å². The lowest BCUT2D eigenvalue weighted by Crippen LogP contribution is -1.82. The molecule has 14 heavy (non-hydrogen) atoms. The van der Waals surface area contributed by atoms with Crippen molar-refractivity contribution in [3.8, 4) is 11.3 Å². The van der Waals surface area contributed by atoms with Gasteiger partial charge < -0.3 is 0 Å². The molecule has 0 spiro atoms. The van der Waals surface area contributed by atoms with Crippen LogP contribution in [0.5, 0.6) is 0 Å². The summed E-state index contributed by atoms with van der Waals surface area (Å²) in [5.74, 6) is 0.744. The van der Waals surface area contributed by atoms with Crippen LogP contribution in [-0.4, -0.2) is 14.4 Å². The molecule has 0 aliphatic heterocycles. The SMILES string of the molecule is c1cnc2nc(-c3ccsc3)cn2c1. The number of thiophene rings is 1. The van der Waals surface area contributed by atoms with Crippen molar-refractivity contribution in [2.24, 2.45) is 0 Å². The van der Waals surface area contributed by atoms with E-state index in [1.165, 1.54) is 0 Å². The number of nitrogens with zero attached hydrogens (tertiary/aromatic N) is 3. The second-order valence-electron chi connectivity index (χ2n) is 2.97. The molecule has 0 unspecified atom stereocenters. The fraction of sp³-hybridized carbons (Fsp3) is 0. The highest BCUT2D eigenvalue weighted by atomic mass is 32.1. The highest BCUT2D eigenvalue weighted by molar-refractivity contribution is 7.08. The first-order valence-electron chi connectivity index (χ1n) is 4.26. The number of hydrogen-bond donors (Lipinski definition) is 0. The van der Waals surface area contributed by atoms with Crippen molar-refractivity contribution in [2.45, 2.75) is 0 Å². The van der Waals surface area contributed by atoms with E-state index in [-0.39, 0.29) is 0 Å². The molecule has 0 aromatic carbocycles. The zero-order chi connectivity index (χ0) is 9.38. The molecule has 3 aromatic heterocycles. The highest BCUT2D eigenvalue weighted by Gasteiger charge is 2.03. The highest BCUT2D eigenvalue weighted by Crippen LogP contribution is 2.20. The number of rotatable bonds is 1. The third-order valence-corrected chi connectivity index (χ3v) is 2.74. The van der Waals surface area contributed by atoms with Gasteiger partial charge in [-0.15, -0.1) is 0 Å². The van der Waals surface area contributed by atoms with E-state index in [1.807, 2.05) is 28.2 Å². The number of hydrogen-bond acceptors (Lipinski definition) is 3. The van der Waals surface area contributed by atoms with E-state index in [1.54, 1.807) is 17.5 Å². The standard InChI is InChI=1S/C10H7N3S/c1-3-11-10-12-9(6-13(10)4-1)8-2-5-14-7-8/h1-7H. The normalized spacial score (nSPS) is 10.9. The molecule has 3 heterocycles. The van der Waals surface area contributed by atoms with Crippen molar-refractivity contribution in [3.63, 3.8) is 0 Å². The lowest BCUT2D eigenvalue weighted by atomic mass is 10.3. The van der Waals surface area contributed by atoms with Gasteiger partial charge in [-0.05, 0) is 17.5 Å². The molecule has 3 nitrogen and oxygen atoms in total. The minimum absolute atomic E-state index is 0.744. The Hall–Kier alpha value is -1.68. The van der Waals surface area contributed by atoms with Gasteiger partial charge in [0, 0.05) is 29.5 Å². The fourth-order valence-corrected chi connectivity index (χ4v) is 2.03. The van der Waals surface area contributed by atoms with Crippen molar-refractivity contribution < 1.29 is 0 Å². The van der Waals surface area contributed by atoms with Gasteiger partial charge in [-0.25, -0.2) is 9.97 Å². The first-order chi connectivity index (χ1) is 6.93. The summed E-state index contributed by atoms with van der Waals surface area (Å²) in [6, 6.07) is 3.96. The summed E-state index contributed by atoms with van der Waals surface area (Å²) >= 11 is 1.67.